The Morgan fingerprint density at radius 3 is 2.89 bits per heavy atom. The number of morpholine rings is 1. The molecule has 2 atom stereocenters. The summed E-state index contributed by atoms with van der Waals surface area (Å²) in [6.45, 7) is 3.91. The average Bonchev–Trinajstić information content (AvgIpc) is 2.84. The minimum atomic E-state index is -1.02. The van der Waals surface area contributed by atoms with E-state index in [4.69, 9.17) is 4.74 Å². The maximum atomic E-state index is 12.4. The molecule has 2 saturated heterocycles. The van der Waals surface area contributed by atoms with Gasteiger partial charge in [0.2, 0.25) is 5.91 Å². The molecule has 2 rings (SSSR count). The van der Waals surface area contributed by atoms with E-state index in [0.29, 0.717) is 39.1 Å². The number of aliphatic carboxylic acids is 1. The van der Waals surface area contributed by atoms with Crippen LogP contribution < -0.4 is 5.32 Å². The van der Waals surface area contributed by atoms with Crippen molar-refractivity contribution in [2.24, 2.45) is 0 Å². The van der Waals surface area contributed by atoms with Gasteiger partial charge in [-0.25, -0.2) is 4.79 Å². The summed E-state index contributed by atoms with van der Waals surface area (Å²) in [5.41, 5.74) is -1.02. The molecular formula is C12H20N2O4. The zero-order chi connectivity index (χ0) is 13.2. The Bertz CT molecular complexity index is 341. The molecule has 0 radical (unpaired) electrons. The molecule has 6 nitrogen and oxygen atoms in total. The van der Waals surface area contributed by atoms with Crippen molar-refractivity contribution < 1.29 is 19.4 Å². The van der Waals surface area contributed by atoms with E-state index in [-0.39, 0.29) is 5.91 Å². The number of carboxylic acids is 1. The van der Waals surface area contributed by atoms with Gasteiger partial charge in [0.05, 0.1) is 13.2 Å². The van der Waals surface area contributed by atoms with E-state index in [0.717, 1.165) is 6.42 Å². The number of likely N-dealkylation sites (tertiary alicyclic amines) is 1. The zero-order valence-corrected chi connectivity index (χ0v) is 10.6. The van der Waals surface area contributed by atoms with Crippen LogP contribution in [0.5, 0.6) is 0 Å². The van der Waals surface area contributed by atoms with Gasteiger partial charge in [0, 0.05) is 13.1 Å². The number of amides is 1. The van der Waals surface area contributed by atoms with Crippen LogP contribution in [0.1, 0.15) is 26.2 Å². The molecule has 0 bridgehead atoms. The molecule has 0 aromatic carbocycles. The van der Waals surface area contributed by atoms with Gasteiger partial charge in [-0.2, -0.15) is 0 Å². The summed E-state index contributed by atoms with van der Waals surface area (Å²) >= 11 is 0. The summed E-state index contributed by atoms with van der Waals surface area (Å²) in [6, 6.07) is -0.401. The number of ether oxygens (including phenoxy) is 1. The molecule has 0 aliphatic carbocycles. The van der Waals surface area contributed by atoms with Crippen LogP contribution >= 0.6 is 0 Å². The molecule has 2 aliphatic rings. The maximum Gasteiger partial charge on any atom is 0.329 e. The molecule has 2 N–H and O–H groups in total. The van der Waals surface area contributed by atoms with E-state index in [1.807, 2.05) is 6.92 Å². The van der Waals surface area contributed by atoms with Crippen molar-refractivity contribution >= 4 is 11.9 Å². The summed E-state index contributed by atoms with van der Waals surface area (Å²) in [5, 5.41) is 12.5. The average molecular weight is 256 g/mol. The lowest BCUT2D eigenvalue weighted by atomic mass is 9.92. The first-order valence-corrected chi connectivity index (χ1v) is 6.48. The van der Waals surface area contributed by atoms with Crippen molar-refractivity contribution in [2.75, 3.05) is 26.3 Å². The molecule has 6 heteroatoms. The van der Waals surface area contributed by atoms with Crippen LogP contribution in [-0.4, -0.2) is 59.8 Å². The lowest BCUT2D eigenvalue weighted by Crippen LogP contribution is -2.59. The summed E-state index contributed by atoms with van der Waals surface area (Å²) < 4.78 is 5.27. The van der Waals surface area contributed by atoms with Gasteiger partial charge in [0.1, 0.15) is 11.6 Å². The highest BCUT2D eigenvalue weighted by Gasteiger charge is 2.49. The molecule has 102 valence electrons. The molecule has 2 heterocycles. The number of carbonyl (C=O) groups is 2. The van der Waals surface area contributed by atoms with Gasteiger partial charge in [-0.05, 0) is 19.3 Å². The fourth-order valence-corrected chi connectivity index (χ4v) is 2.85. The molecule has 2 unspecified atom stereocenters. The van der Waals surface area contributed by atoms with Gasteiger partial charge in [0.15, 0.2) is 0 Å². The second-order valence-electron chi connectivity index (χ2n) is 4.87. The largest absolute Gasteiger partial charge is 0.479 e. The van der Waals surface area contributed by atoms with Crippen molar-refractivity contribution in [1.82, 2.24) is 10.2 Å². The summed E-state index contributed by atoms with van der Waals surface area (Å²) in [6.07, 6.45) is 1.74. The molecule has 2 aliphatic heterocycles. The Balaban J connectivity index is 2.15. The Morgan fingerprint density at radius 2 is 2.33 bits per heavy atom. The quantitative estimate of drug-likeness (QED) is 0.733. The third-order valence-corrected chi connectivity index (χ3v) is 3.96. The molecule has 0 aromatic rings. The van der Waals surface area contributed by atoms with Gasteiger partial charge < -0.3 is 20.1 Å². The van der Waals surface area contributed by atoms with E-state index in [9.17, 15) is 14.7 Å². The highest BCUT2D eigenvalue weighted by atomic mass is 16.5. The van der Waals surface area contributed by atoms with Crippen LogP contribution in [0.2, 0.25) is 0 Å². The first kappa shape index (κ1) is 13.3. The summed E-state index contributed by atoms with van der Waals surface area (Å²) in [4.78, 5) is 25.4. The first-order chi connectivity index (χ1) is 8.62. The molecule has 0 spiro atoms. The molecular weight excluding hydrogens is 236 g/mol. The van der Waals surface area contributed by atoms with Crippen molar-refractivity contribution in [3.8, 4) is 0 Å². The second kappa shape index (κ2) is 5.24. The molecule has 1 amide bonds. The van der Waals surface area contributed by atoms with E-state index >= 15 is 0 Å². The van der Waals surface area contributed by atoms with Gasteiger partial charge in [-0.1, -0.05) is 6.92 Å². The fraction of sp³-hybridized carbons (Fsp3) is 0.833. The Morgan fingerprint density at radius 1 is 1.56 bits per heavy atom. The lowest BCUT2D eigenvalue weighted by molar-refractivity contribution is -0.158. The molecule has 0 saturated carbocycles. The van der Waals surface area contributed by atoms with Crippen LogP contribution in [0.25, 0.3) is 0 Å². The normalized spacial score (nSPS) is 32.5. The highest BCUT2D eigenvalue weighted by Crippen LogP contribution is 2.33. The molecule has 0 aromatic heterocycles. The van der Waals surface area contributed by atoms with E-state index in [2.05, 4.69) is 5.32 Å². The smallest absolute Gasteiger partial charge is 0.329 e. The van der Waals surface area contributed by atoms with Gasteiger partial charge in [-0.15, -0.1) is 0 Å². The Labute approximate surface area is 106 Å². The number of rotatable bonds is 3. The predicted octanol–water partition coefficient (Wildman–Crippen LogP) is -0.169. The van der Waals surface area contributed by atoms with Crippen LogP contribution in [0.15, 0.2) is 0 Å². The van der Waals surface area contributed by atoms with E-state index in [1.54, 1.807) is 0 Å². The highest BCUT2D eigenvalue weighted by molar-refractivity contribution is 5.90. The van der Waals surface area contributed by atoms with Crippen LogP contribution in [-0.2, 0) is 14.3 Å². The van der Waals surface area contributed by atoms with Gasteiger partial charge in [-0.3, -0.25) is 4.79 Å². The second-order valence-corrected chi connectivity index (χ2v) is 4.87. The SMILES string of the molecule is CCC1(C(=O)O)CCCN1C(=O)C1COCCN1. The maximum absolute atomic E-state index is 12.4. The number of hydrogen-bond acceptors (Lipinski definition) is 4. The lowest BCUT2D eigenvalue weighted by Gasteiger charge is -2.37. The molecule has 2 fully saturated rings. The summed E-state index contributed by atoms with van der Waals surface area (Å²) in [5.74, 6) is -1.04. The van der Waals surface area contributed by atoms with Crippen LogP contribution in [0.4, 0.5) is 0 Å². The van der Waals surface area contributed by atoms with Crippen molar-refractivity contribution in [3.05, 3.63) is 0 Å². The zero-order valence-electron chi connectivity index (χ0n) is 10.6. The van der Waals surface area contributed by atoms with E-state index < -0.39 is 17.6 Å². The van der Waals surface area contributed by atoms with Crippen molar-refractivity contribution in [3.63, 3.8) is 0 Å². The summed E-state index contributed by atoms with van der Waals surface area (Å²) in [7, 11) is 0. The van der Waals surface area contributed by atoms with Crippen LogP contribution in [0.3, 0.4) is 0 Å². The number of nitrogens with zero attached hydrogens (tertiary/aromatic N) is 1. The van der Waals surface area contributed by atoms with Gasteiger partial charge in [0.25, 0.3) is 0 Å². The molecule has 18 heavy (non-hydrogen) atoms. The van der Waals surface area contributed by atoms with Crippen LogP contribution in [0, 0.1) is 0 Å². The predicted molar refractivity (Wildman–Crippen MR) is 64.2 cm³/mol. The third-order valence-electron chi connectivity index (χ3n) is 3.96. The Kier molecular flexibility index (Phi) is 3.87. The minimum absolute atomic E-state index is 0.142. The van der Waals surface area contributed by atoms with Gasteiger partial charge >= 0.3 is 5.97 Å². The monoisotopic (exact) mass is 256 g/mol. The minimum Gasteiger partial charge on any atom is -0.479 e. The Hall–Kier alpha value is -1.14. The fourth-order valence-electron chi connectivity index (χ4n) is 2.85. The third kappa shape index (κ3) is 2.10. The topological polar surface area (TPSA) is 78.9 Å². The number of nitrogens with one attached hydrogen (secondary N) is 1. The number of carboxylic acid groups (broad SMARTS) is 1. The van der Waals surface area contributed by atoms with E-state index in [1.165, 1.54) is 4.90 Å². The number of carbonyl (C=O) groups excluding carboxylic acids is 1. The first-order valence-electron chi connectivity index (χ1n) is 6.48. The number of hydrogen-bond donors (Lipinski definition) is 2. The van der Waals surface area contributed by atoms with Crippen molar-refractivity contribution in [1.29, 1.82) is 0 Å². The standard InChI is InChI=1S/C12H20N2O4/c1-2-12(11(16)17)4-3-6-14(12)10(15)9-8-18-7-5-13-9/h9,13H,2-8H2,1H3,(H,16,17). The van der Waals surface area contributed by atoms with Crippen molar-refractivity contribution in [2.45, 2.75) is 37.8 Å².